The first kappa shape index (κ1) is 15.8. The van der Waals surface area contributed by atoms with Gasteiger partial charge in [-0.3, -0.25) is 0 Å². The number of rotatable bonds is 4. The maximum absolute atomic E-state index is 11.4. The smallest absolute Gasteiger partial charge is 0.336 e. The van der Waals surface area contributed by atoms with Gasteiger partial charge in [0.2, 0.25) is 0 Å². The number of benzene rings is 2. The van der Waals surface area contributed by atoms with Gasteiger partial charge in [0.15, 0.2) is 0 Å². The molecular formula is C18H18O4. The van der Waals surface area contributed by atoms with Crippen molar-refractivity contribution < 1.29 is 19.8 Å². The predicted octanol–water partition coefficient (Wildman–Crippen LogP) is 3.60. The number of hydrogen-bond donors (Lipinski definition) is 2. The number of aromatic carboxylic acids is 2. The zero-order valence-electron chi connectivity index (χ0n) is 12.8. The maximum Gasteiger partial charge on any atom is 0.336 e. The molecule has 0 amide bonds. The molecule has 0 saturated carbocycles. The van der Waals surface area contributed by atoms with Gasteiger partial charge in [0.1, 0.15) is 0 Å². The van der Waals surface area contributed by atoms with E-state index in [2.05, 4.69) is 0 Å². The Morgan fingerprint density at radius 1 is 0.909 bits per heavy atom. The Morgan fingerprint density at radius 3 is 2.00 bits per heavy atom. The van der Waals surface area contributed by atoms with Gasteiger partial charge in [-0.05, 0) is 67.1 Å². The van der Waals surface area contributed by atoms with E-state index in [-0.39, 0.29) is 5.56 Å². The quantitative estimate of drug-likeness (QED) is 0.904. The predicted molar refractivity (Wildman–Crippen MR) is 83.8 cm³/mol. The molecule has 114 valence electrons. The van der Waals surface area contributed by atoms with Crippen LogP contribution in [-0.4, -0.2) is 22.2 Å². The summed E-state index contributed by atoms with van der Waals surface area (Å²) in [6.45, 7) is 5.59. The fourth-order valence-electron chi connectivity index (χ4n) is 2.80. The van der Waals surface area contributed by atoms with E-state index in [1.807, 2.05) is 19.9 Å². The zero-order valence-corrected chi connectivity index (χ0v) is 12.8. The van der Waals surface area contributed by atoms with Gasteiger partial charge in [-0.15, -0.1) is 0 Å². The molecule has 0 aromatic heterocycles. The van der Waals surface area contributed by atoms with E-state index in [0.29, 0.717) is 12.0 Å². The molecule has 0 saturated heterocycles. The van der Waals surface area contributed by atoms with Gasteiger partial charge < -0.3 is 10.2 Å². The van der Waals surface area contributed by atoms with Crippen molar-refractivity contribution in [3.05, 3.63) is 69.3 Å². The third-order valence-corrected chi connectivity index (χ3v) is 3.93. The van der Waals surface area contributed by atoms with E-state index in [1.54, 1.807) is 31.2 Å². The SMILES string of the molecule is Cc1cc(C)c(C(=O)O)c(C)c1Cc1ccc(C(=O)O)cc1. The minimum absolute atomic E-state index is 0.243. The third-order valence-electron chi connectivity index (χ3n) is 3.93. The lowest BCUT2D eigenvalue weighted by Crippen LogP contribution is -2.08. The van der Waals surface area contributed by atoms with Crippen LogP contribution in [0, 0.1) is 20.8 Å². The fourth-order valence-corrected chi connectivity index (χ4v) is 2.80. The number of carbonyl (C=O) groups is 2. The van der Waals surface area contributed by atoms with Crippen molar-refractivity contribution in [3.63, 3.8) is 0 Å². The number of aryl methyl sites for hydroxylation is 2. The van der Waals surface area contributed by atoms with Crippen molar-refractivity contribution in [2.45, 2.75) is 27.2 Å². The van der Waals surface area contributed by atoms with Crippen LogP contribution in [0.25, 0.3) is 0 Å². The summed E-state index contributed by atoms with van der Waals surface area (Å²) < 4.78 is 0. The lowest BCUT2D eigenvalue weighted by molar-refractivity contribution is 0.0685. The van der Waals surface area contributed by atoms with Crippen LogP contribution in [0.4, 0.5) is 0 Å². The molecule has 0 fully saturated rings. The largest absolute Gasteiger partial charge is 0.478 e. The molecule has 2 aromatic rings. The molecule has 4 heteroatoms. The van der Waals surface area contributed by atoms with E-state index < -0.39 is 11.9 Å². The van der Waals surface area contributed by atoms with Gasteiger partial charge >= 0.3 is 11.9 Å². The minimum atomic E-state index is -0.956. The van der Waals surface area contributed by atoms with Crippen LogP contribution in [0.1, 0.15) is 48.5 Å². The van der Waals surface area contributed by atoms with Crippen LogP contribution < -0.4 is 0 Å². The van der Waals surface area contributed by atoms with Crippen molar-refractivity contribution in [1.82, 2.24) is 0 Å². The van der Waals surface area contributed by atoms with Gasteiger partial charge in [0.25, 0.3) is 0 Å². The first-order chi connectivity index (χ1) is 10.3. The molecule has 0 atom stereocenters. The summed E-state index contributed by atoms with van der Waals surface area (Å²) >= 11 is 0. The molecule has 0 bridgehead atoms. The van der Waals surface area contributed by atoms with Crippen molar-refractivity contribution in [1.29, 1.82) is 0 Å². The Balaban J connectivity index is 2.43. The van der Waals surface area contributed by atoms with Crippen LogP contribution in [0.3, 0.4) is 0 Å². The van der Waals surface area contributed by atoms with Gasteiger partial charge in [-0.1, -0.05) is 18.2 Å². The lowest BCUT2D eigenvalue weighted by atomic mass is 9.89. The van der Waals surface area contributed by atoms with Crippen LogP contribution in [-0.2, 0) is 6.42 Å². The second-order valence-corrected chi connectivity index (χ2v) is 5.47. The molecule has 2 rings (SSSR count). The van der Waals surface area contributed by atoms with Crippen LogP contribution in [0.2, 0.25) is 0 Å². The highest BCUT2D eigenvalue weighted by atomic mass is 16.4. The van der Waals surface area contributed by atoms with Gasteiger partial charge in [0.05, 0.1) is 11.1 Å². The van der Waals surface area contributed by atoms with E-state index in [4.69, 9.17) is 5.11 Å². The zero-order chi connectivity index (χ0) is 16.4. The Bertz CT molecular complexity index is 743. The van der Waals surface area contributed by atoms with Gasteiger partial charge in [0, 0.05) is 0 Å². The van der Waals surface area contributed by atoms with E-state index in [1.165, 1.54) is 0 Å². The van der Waals surface area contributed by atoms with Crippen molar-refractivity contribution in [3.8, 4) is 0 Å². The first-order valence-corrected chi connectivity index (χ1v) is 6.96. The second-order valence-electron chi connectivity index (χ2n) is 5.47. The topological polar surface area (TPSA) is 74.6 Å². The van der Waals surface area contributed by atoms with Crippen molar-refractivity contribution >= 4 is 11.9 Å². The second kappa shape index (κ2) is 6.02. The normalized spacial score (nSPS) is 10.5. The fraction of sp³-hybridized carbons (Fsp3) is 0.222. The maximum atomic E-state index is 11.4. The standard InChI is InChI=1S/C18H18O4/c1-10-8-11(2)16(18(21)22)12(3)15(10)9-13-4-6-14(7-5-13)17(19)20/h4-8H,9H2,1-3H3,(H,19,20)(H,21,22). The average Bonchev–Trinajstić information content (AvgIpc) is 2.43. The molecule has 2 N–H and O–H groups in total. The number of carboxylic acid groups (broad SMARTS) is 2. The Morgan fingerprint density at radius 2 is 1.50 bits per heavy atom. The summed E-state index contributed by atoms with van der Waals surface area (Å²) in [6.07, 6.45) is 0.581. The Hall–Kier alpha value is -2.62. The summed E-state index contributed by atoms with van der Waals surface area (Å²) in [7, 11) is 0. The number of hydrogen-bond acceptors (Lipinski definition) is 2. The summed E-state index contributed by atoms with van der Waals surface area (Å²) in [5.41, 5.74) is 5.10. The highest BCUT2D eigenvalue weighted by Gasteiger charge is 2.16. The minimum Gasteiger partial charge on any atom is -0.478 e. The highest BCUT2D eigenvalue weighted by molar-refractivity contribution is 5.91. The molecular weight excluding hydrogens is 280 g/mol. The summed E-state index contributed by atoms with van der Waals surface area (Å²) in [5, 5.41) is 18.3. The van der Waals surface area contributed by atoms with Gasteiger partial charge in [-0.2, -0.15) is 0 Å². The Kier molecular flexibility index (Phi) is 4.31. The van der Waals surface area contributed by atoms with Gasteiger partial charge in [-0.25, -0.2) is 9.59 Å². The molecule has 0 unspecified atom stereocenters. The molecule has 0 heterocycles. The average molecular weight is 298 g/mol. The third kappa shape index (κ3) is 3.01. The van der Waals surface area contributed by atoms with Crippen LogP contribution >= 0.6 is 0 Å². The molecule has 0 aliphatic heterocycles. The Labute approximate surface area is 129 Å². The van der Waals surface area contributed by atoms with E-state index in [0.717, 1.165) is 27.8 Å². The highest BCUT2D eigenvalue weighted by Crippen LogP contribution is 2.25. The monoisotopic (exact) mass is 298 g/mol. The van der Waals surface area contributed by atoms with Crippen molar-refractivity contribution in [2.24, 2.45) is 0 Å². The van der Waals surface area contributed by atoms with Crippen molar-refractivity contribution in [2.75, 3.05) is 0 Å². The summed E-state index contributed by atoms with van der Waals surface area (Å²) in [5.74, 6) is -1.88. The molecule has 0 spiro atoms. The molecule has 0 aliphatic rings. The van der Waals surface area contributed by atoms with Crippen LogP contribution in [0.15, 0.2) is 30.3 Å². The molecule has 22 heavy (non-hydrogen) atoms. The van der Waals surface area contributed by atoms with Crippen LogP contribution in [0.5, 0.6) is 0 Å². The first-order valence-electron chi connectivity index (χ1n) is 6.96. The molecule has 0 radical (unpaired) electrons. The summed E-state index contributed by atoms with van der Waals surface area (Å²) in [4.78, 5) is 22.3. The molecule has 4 nitrogen and oxygen atoms in total. The van der Waals surface area contributed by atoms with E-state index >= 15 is 0 Å². The number of carboxylic acids is 2. The summed E-state index contributed by atoms with van der Waals surface area (Å²) in [6, 6.07) is 8.55. The van der Waals surface area contributed by atoms with E-state index in [9.17, 15) is 14.7 Å². The molecule has 0 aliphatic carbocycles. The lowest BCUT2D eigenvalue weighted by Gasteiger charge is -2.15. The molecule has 2 aromatic carbocycles.